The van der Waals surface area contributed by atoms with E-state index in [2.05, 4.69) is 31.8 Å². The molecule has 0 spiro atoms. The van der Waals surface area contributed by atoms with Crippen LogP contribution >= 0.6 is 27.3 Å². The van der Waals surface area contributed by atoms with Crippen molar-refractivity contribution >= 4 is 45.3 Å². The SMILES string of the molecule is CC(C)C(NC(=O)Cc1cccs1)C(=O)NN=Cc1ccc(Br)o1. The smallest absolute Gasteiger partial charge is 0.262 e. The van der Waals surface area contributed by atoms with Gasteiger partial charge in [-0.25, -0.2) is 5.43 Å². The summed E-state index contributed by atoms with van der Waals surface area (Å²) in [6.45, 7) is 3.73. The highest BCUT2D eigenvalue weighted by Gasteiger charge is 2.24. The zero-order valence-electron chi connectivity index (χ0n) is 13.3. The second-order valence-electron chi connectivity index (χ2n) is 5.42. The maximum absolute atomic E-state index is 12.2. The van der Waals surface area contributed by atoms with Gasteiger partial charge in [0.2, 0.25) is 5.91 Å². The minimum Gasteiger partial charge on any atom is -0.448 e. The number of hydrogen-bond acceptors (Lipinski definition) is 5. The first-order chi connectivity index (χ1) is 11.5. The summed E-state index contributed by atoms with van der Waals surface area (Å²) >= 11 is 4.69. The third kappa shape index (κ3) is 5.61. The van der Waals surface area contributed by atoms with E-state index in [1.807, 2.05) is 31.4 Å². The van der Waals surface area contributed by atoms with Crippen LogP contribution in [0.3, 0.4) is 0 Å². The van der Waals surface area contributed by atoms with Gasteiger partial charge in [-0.05, 0) is 45.4 Å². The molecule has 0 aliphatic rings. The van der Waals surface area contributed by atoms with Gasteiger partial charge in [0.25, 0.3) is 5.91 Å². The lowest BCUT2D eigenvalue weighted by molar-refractivity contribution is -0.129. The van der Waals surface area contributed by atoms with E-state index in [4.69, 9.17) is 4.42 Å². The molecule has 2 rings (SSSR count). The predicted molar refractivity (Wildman–Crippen MR) is 96.9 cm³/mol. The molecule has 1 unspecified atom stereocenters. The number of carbonyl (C=O) groups excluding carboxylic acids is 2. The van der Waals surface area contributed by atoms with Crippen LogP contribution in [0.1, 0.15) is 24.5 Å². The summed E-state index contributed by atoms with van der Waals surface area (Å²) in [7, 11) is 0. The van der Waals surface area contributed by atoms with Crippen molar-refractivity contribution in [3.8, 4) is 0 Å². The molecular formula is C16H18BrN3O3S. The van der Waals surface area contributed by atoms with Gasteiger partial charge in [-0.15, -0.1) is 11.3 Å². The van der Waals surface area contributed by atoms with Gasteiger partial charge in [-0.3, -0.25) is 9.59 Å². The fraction of sp³-hybridized carbons (Fsp3) is 0.312. The van der Waals surface area contributed by atoms with E-state index in [1.165, 1.54) is 17.6 Å². The molecule has 0 fully saturated rings. The van der Waals surface area contributed by atoms with Crippen LogP contribution in [0.5, 0.6) is 0 Å². The van der Waals surface area contributed by atoms with Gasteiger partial charge in [0.1, 0.15) is 11.8 Å². The van der Waals surface area contributed by atoms with E-state index in [1.54, 1.807) is 12.1 Å². The minimum absolute atomic E-state index is 0.0646. The molecule has 0 bridgehead atoms. The molecule has 0 radical (unpaired) electrons. The average molecular weight is 412 g/mol. The lowest BCUT2D eigenvalue weighted by atomic mass is 10.0. The Labute approximate surface area is 152 Å². The summed E-state index contributed by atoms with van der Waals surface area (Å²) in [5, 5.41) is 8.52. The van der Waals surface area contributed by atoms with Gasteiger partial charge >= 0.3 is 0 Å². The summed E-state index contributed by atoms with van der Waals surface area (Å²) in [4.78, 5) is 25.3. The molecule has 2 aromatic rings. The third-order valence-corrected chi connectivity index (χ3v) is 4.44. The van der Waals surface area contributed by atoms with Crippen molar-refractivity contribution in [3.63, 3.8) is 0 Å². The Morgan fingerprint density at radius 3 is 2.75 bits per heavy atom. The molecular weight excluding hydrogens is 394 g/mol. The number of thiophene rings is 1. The van der Waals surface area contributed by atoms with Crippen LogP contribution in [-0.4, -0.2) is 24.1 Å². The van der Waals surface area contributed by atoms with Gasteiger partial charge in [-0.1, -0.05) is 19.9 Å². The number of halogens is 1. The van der Waals surface area contributed by atoms with Gasteiger partial charge in [0.05, 0.1) is 12.6 Å². The maximum Gasteiger partial charge on any atom is 0.262 e. The minimum atomic E-state index is -0.655. The van der Waals surface area contributed by atoms with E-state index >= 15 is 0 Å². The van der Waals surface area contributed by atoms with Gasteiger partial charge in [-0.2, -0.15) is 5.10 Å². The topological polar surface area (TPSA) is 83.7 Å². The molecule has 2 heterocycles. The Balaban J connectivity index is 1.89. The average Bonchev–Trinajstić information content (AvgIpc) is 3.16. The molecule has 0 aromatic carbocycles. The van der Waals surface area contributed by atoms with Gasteiger partial charge in [0.15, 0.2) is 4.67 Å². The fourth-order valence-electron chi connectivity index (χ4n) is 1.96. The number of carbonyl (C=O) groups is 2. The Hall–Kier alpha value is -1.93. The Morgan fingerprint density at radius 2 is 2.17 bits per heavy atom. The van der Waals surface area contributed by atoms with Crippen molar-refractivity contribution in [3.05, 3.63) is 45.0 Å². The lowest BCUT2D eigenvalue weighted by Crippen LogP contribution is -2.49. The standard InChI is InChI=1S/C16H18BrN3O3S/c1-10(2)15(19-14(21)8-12-4-3-7-24-12)16(22)20-18-9-11-5-6-13(17)23-11/h3-7,9-10,15H,8H2,1-2H3,(H,19,21)(H,20,22). The van der Waals surface area contributed by atoms with Crippen LogP contribution in [0, 0.1) is 5.92 Å². The number of amides is 2. The Kier molecular flexibility index (Phi) is 6.74. The van der Waals surface area contributed by atoms with Crippen molar-refractivity contribution in [1.82, 2.24) is 10.7 Å². The maximum atomic E-state index is 12.2. The molecule has 0 aliphatic carbocycles. The number of hydrazone groups is 1. The zero-order chi connectivity index (χ0) is 17.5. The molecule has 8 heteroatoms. The molecule has 0 saturated carbocycles. The summed E-state index contributed by atoms with van der Waals surface area (Å²) in [5.74, 6) is -0.119. The second kappa shape index (κ2) is 8.79. The summed E-state index contributed by atoms with van der Waals surface area (Å²) < 4.78 is 5.82. The number of rotatable bonds is 7. The van der Waals surface area contributed by atoms with Crippen LogP contribution in [0.2, 0.25) is 0 Å². The van der Waals surface area contributed by atoms with Gasteiger partial charge < -0.3 is 9.73 Å². The third-order valence-electron chi connectivity index (χ3n) is 3.14. The van der Waals surface area contributed by atoms with E-state index in [9.17, 15) is 9.59 Å². The fourth-order valence-corrected chi connectivity index (χ4v) is 2.98. The Bertz CT molecular complexity index is 710. The number of hydrogen-bond donors (Lipinski definition) is 2. The molecule has 128 valence electrons. The van der Waals surface area contributed by atoms with Crippen molar-refractivity contribution in [1.29, 1.82) is 0 Å². The van der Waals surface area contributed by atoms with Crippen molar-refractivity contribution in [2.75, 3.05) is 0 Å². The molecule has 6 nitrogen and oxygen atoms in total. The summed E-state index contributed by atoms with van der Waals surface area (Å²) in [6.07, 6.45) is 1.66. The Morgan fingerprint density at radius 1 is 1.38 bits per heavy atom. The predicted octanol–water partition coefficient (Wildman–Crippen LogP) is 2.94. The van der Waals surface area contributed by atoms with Crippen LogP contribution < -0.4 is 10.7 Å². The van der Waals surface area contributed by atoms with E-state index in [-0.39, 0.29) is 24.2 Å². The zero-order valence-corrected chi connectivity index (χ0v) is 15.7. The van der Waals surface area contributed by atoms with Crippen LogP contribution in [0.15, 0.2) is 43.8 Å². The largest absolute Gasteiger partial charge is 0.448 e. The highest BCUT2D eigenvalue weighted by molar-refractivity contribution is 9.10. The first-order valence-corrected chi connectivity index (χ1v) is 9.03. The van der Waals surface area contributed by atoms with E-state index < -0.39 is 6.04 Å². The molecule has 0 saturated heterocycles. The monoisotopic (exact) mass is 411 g/mol. The molecule has 2 amide bonds. The molecule has 2 aromatic heterocycles. The lowest BCUT2D eigenvalue weighted by Gasteiger charge is -2.20. The quantitative estimate of drug-likeness (QED) is 0.542. The summed E-state index contributed by atoms with van der Waals surface area (Å²) in [6, 6.07) is 6.56. The van der Waals surface area contributed by atoms with Crippen LogP contribution in [0.25, 0.3) is 0 Å². The molecule has 1 atom stereocenters. The van der Waals surface area contributed by atoms with Gasteiger partial charge in [0, 0.05) is 4.88 Å². The van der Waals surface area contributed by atoms with Crippen LogP contribution in [0.4, 0.5) is 0 Å². The van der Waals surface area contributed by atoms with Crippen molar-refractivity contribution in [2.45, 2.75) is 26.3 Å². The van der Waals surface area contributed by atoms with Crippen molar-refractivity contribution in [2.24, 2.45) is 11.0 Å². The molecule has 2 N–H and O–H groups in total. The first-order valence-electron chi connectivity index (χ1n) is 7.35. The van der Waals surface area contributed by atoms with E-state index in [0.717, 1.165) is 4.88 Å². The van der Waals surface area contributed by atoms with Crippen molar-refractivity contribution < 1.29 is 14.0 Å². The summed E-state index contributed by atoms with van der Waals surface area (Å²) in [5.41, 5.74) is 2.43. The highest BCUT2D eigenvalue weighted by atomic mass is 79.9. The number of nitrogens with zero attached hydrogens (tertiary/aromatic N) is 1. The number of nitrogens with one attached hydrogen (secondary N) is 2. The molecule has 0 aliphatic heterocycles. The number of furan rings is 1. The van der Waals surface area contributed by atoms with E-state index in [0.29, 0.717) is 10.4 Å². The van der Waals surface area contributed by atoms with Crippen LogP contribution in [-0.2, 0) is 16.0 Å². The highest BCUT2D eigenvalue weighted by Crippen LogP contribution is 2.12. The normalized spacial score (nSPS) is 12.5. The second-order valence-corrected chi connectivity index (χ2v) is 7.24. The molecule has 24 heavy (non-hydrogen) atoms. The first kappa shape index (κ1) is 18.4.